The van der Waals surface area contributed by atoms with E-state index in [1.807, 2.05) is 32.4 Å². The van der Waals surface area contributed by atoms with E-state index in [4.69, 9.17) is 4.42 Å². The smallest absolute Gasteiger partial charge is 0.255 e. The highest BCUT2D eigenvalue weighted by molar-refractivity contribution is 5.95. The SMILES string of the molecule is CCn1nc(C)c([C@H](C)NC(=O)c2cc(C)oc2C)c1C. The molecule has 0 bridgehead atoms. The molecule has 0 spiro atoms. The van der Waals surface area contributed by atoms with E-state index in [0.29, 0.717) is 11.3 Å². The lowest BCUT2D eigenvalue weighted by Crippen LogP contribution is -2.27. The third kappa shape index (κ3) is 2.86. The Bertz CT molecular complexity index is 667. The van der Waals surface area contributed by atoms with Crippen LogP contribution in [0.1, 0.15) is 58.7 Å². The summed E-state index contributed by atoms with van der Waals surface area (Å²) in [5.41, 5.74) is 3.74. The van der Waals surface area contributed by atoms with Crippen LogP contribution in [0.25, 0.3) is 0 Å². The van der Waals surface area contributed by atoms with Gasteiger partial charge < -0.3 is 9.73 Å². The van der Waals surface area contributed by atoms with Crippen molar-refractivity contribution in [2.75, 3.05) is 0 Å². The van der Waals surface area contributed by atoms with Crippen molar-refractivity contribution < 1.29 is 9.21 Å². The third-order valence-electron chi connectivity index (χ3n) is 3.80. The van der Waals surface area contributed by atoms with Crippen molar-refractivity contribution in [1.82, 2.24) is 15.1 Å². The summed E-state index contributed by atoms with van der Waals surface area (Å²) in [5, 5.41) is 7.53. The molecular weight excluding hydrogens is 266 g/mol. The fourth-order valence-corrected chi connectivity index (χ4v) is 2.85. The van der Waals surface area contributed by atoms with Crippen molar-refractivity contribution in [2.45, 2.75) is 54.1 Å². The molecule has 0 aliphatic rings. The molecule has 21 heavy (non-hydrogen) atoms. The average molecular weight is 289 g/mol. The Morgan fingerprint density at radius 2 is 2.05 bits per heavy atom. The molecule has 0 aliphatic carbocycles. The maximum atomic E-state index is 12.4. The molecule has 0 saturated heterocycles. The first-order valence-corrected chi connectivity index (χ1v) is 7.26. The maximum absolute atomic E-state index is 12.4. The number of hydrogen-bond donors (Lipinski definition) is 1. The summed E-state index contributed by atoms with van der Waals surface area (Å²) in [5.74, 6) is 1.28. The summed E-state index contributed by atoms with van der Waals surface area (Å²) in [6, 6.07) is 1.68. The van der Waals surface area contributed by atoms with E-state index >= 15 is 0 Å². The second kappa shape index (κ2) is 5.76. The van der Waals surface area contributed by atoms with E-state index in [-0.39, 0.29) is 11.9 Å². The Kier molecular flexibility index (Phi) is 4.21. The number of carbonyl (C=O) groups is 1. The van der Waals surface area contributed by atoms with E-state index in [9.17, 15) is 4.79 Å². The Morgan fingerprint density at radius 3 is 2.52 bits per heavy atom. The number of aryl methyl sites for hydroxylation is 4. The van der Waals surface area contributed by atoms with Crippen LogP contribution in [0.4, 0.5) is 0 Å². The number of rotatable bonds is 4. The van der Waals surface area contributed by atoms with E-state index in [1.165, 1.54) is 0 Å². The summed E-state index contributed by atoms with van der Waals surface area (Å²) in [4.78, 5) is 12.4. The standard InChI is InChI=1S/C16H23N3O2/c1-7-19-12(5)15(11(4)18-19)10(3)17-16(20)14-8-9(2)21-13(14)6/h8,10H,7H2,1-6H3,(H,17,20)/t10-/m0/s1. The number of amides is 1. The third-order valence-corrected chi connectivity index (χ3v) is 3.80. The Morgan fingerprint density at radius 1 is 1.38 bits per heavy atom. The monoisotopic (exact) mass is 289 g/mol. The summed E-state index contributed by atoms with van der Waals surface area (Å²) in [7, 11) is 0. The van der Waals surface area contributed by atoms with Gasteiger partial charge in [-0.25, -0.2) is 0 Å². The maximum Gasteiger partial charge on any atom is 0.255 e. The molecule has 0 aromatic carbocycles. The molecule has 5 nitrogen and oxygen atoms in total. The van der Waals surface area contributed by atoms with Gasteiger partial charge in [-0.05, 0) is 47.6 Å². The van der Waals surface area contributed by atoms with E-state index < -0.39 is 0 Å². The number of aromatic nitrogens is 2. The minimum atomic E-state index is -0.111. The molecule has 0 saturated carbocycles. The predicted molar refractivity (Wildman–Crippen MR) is 81.4 cm³/mol. The number of carbonyl (C=O) groups excluding carboxylic acids is 1. The van der Waals surface area contributed by atoms with Gasteiger partial charge in [-0.15, -0.1) is 0 Å². The van der Waals surface area contributed by atoms with Crippen LogP contribution >= 0.6 is 0 Å². The Labute approximate surface area is 125 Å². The molecule has 1 N–H and O–H groups in total. The first-order chi connectivity index (χ1) is 9.85. The van der Waals surface area contributed by atoms with Crippen molar-refractivity contribution in [3.63, 3.8) is 0 Å². The topological polar surface area (TPSA) is 60.1 Å². The lowest BCUT2D eigenvalue weighted by atomic mass is 10.1. The van der Waals surface area contributed by atoms with Crippen LogP contribution in [-0.4, -0.2) is 15.7 Å². The van der Waals surface area contributed by atoms with Gasteiger partial charge in [0, 0.05) is 17.8 Å². The van der Waals surface area contributed by atoms with Gasteiger partial charge in [-0.3, -0.25) is 9.48 Å². The molecule has 0 radical (unpaired) electrons. The highest BCUT2D eigenvalue weighted by atomic mass is 16.3. The van der Waals surface area contributed by atoms with Gasteiger partial charge in [-0.1, -0.05) is 0 Å². The molecule has 114 valence electrons. The van der Waals surface area contributed by atoms with Crippen LogP contribution < -0.4 is 5.32 Å². The summed E-state index contributed by atoms with van der Waals surface area (Å²) < 4.78 is 7.37. The van der Waals surface area contributed by atoms with Crippen molar-refractivity contribution in [3.8, 4) is 0 Å². The number of furan rings is 1. The highest BCUT2D eigenvalue weighted by Crippen LogP contribution is 2.22. The zero-order valence-electron chi connectivity index (χ0n) is 13.6. The van der Waals surface area contributed by atoms with Gasteiger partial charge >= 0.3 is 0 Å². The highest BCUT2D eigenvalue weighted by Gasteiger charge is 2.21. The van der Waals surface area contributed by atoms with Gasteiger partial charge in [-0.2, -0.15) is 5.10 Å². The van der Waals surface area contributed by atoms with Crippen molar-refractivity contribution in [3.05, 3.63) is 40.1 Å². The molecule has 0 fully saturated rings. The fraction of sp³-hybridized carbons (Fsp3) is 0.500. The van der Waals surface area contributed by atoms with Crippen molar-refractivity contribution >= 4 is 5.91 Å². The second-order valence-electron chi connectivity index (χ2n) is 5.42. The van der Waals surface area contributed by atoms with Crippen molar-refractivity contribution in [1.29, 1.82) is 0 Å². The molecular formula is C16H23N3O2. The minimum absolute atomic E-state index is 0.0904. The van der Waals surface area contributed by atoms with E-state index in [1.54, 1.807) is 13.0 Å². The average Bonchev–Trinajstić information content (AvgIpc) is 2.88. The molecule has 2 rings (SSSR count). The normalized spacial score (nSPS) is 12.5. The zero-order valence-corrected chi connectivity index (χ0v) is 13.6. The predicted octanol–water partition coefficient (Wildman–Crippen LogP) is 3.22. The molecule has 2 aromatic rings. The van der Waals surface area contributed by atoms with Crippen LogP contribution in [0.5, 0.6) is 0 Å². The Balaban J connectivity index is 2.22. The molecule has 1 amide bonds. The first kappa shape index (κ1) is 15.4. The van der Waals surface area contributed by atoms with Gasteiger partial charge in [0.25, 0.3) is 5.91 Å². The molecule has 0 unspecified atom stereocenters. The van der Waals surface area contributed by atoms with Crippen LogP contribution in [0, 0.1) is 27.7 Å². The number of nitrogens with zero attached hydrogens (tertiary/aromatic N) is 2. The molecule has 5 heteroatoms. The van der Waals surface area contributed by atoms with Crippen LogP contribution in [0.3, 0.4) is 0 Å². The number of hydrogen-bond acceptors (Lipinski definition) is 3. The van der Waals surface area contributed by atoms with Gasteiger partial charge in [0.15, 0.2) is 0 Å². The molecule has 0 aliphatic heterocycles. The summed E-state index contributed by atoms with van der Waals surface area (Å²) in [6.07, 6.45) is 0. The van der Waals surface area contributed by atoms with E-state index in [2.05, 4.69) is 17.3 Å². The summed E-state index contributed by atoms with van der Waals surface area (Å²) in [6.45, 7) is 12.5. The second-order valence-corrected chi connectivity index (χ2v) is 5.42. The lowest BCUT2D eigenvalue weighted by molar-refractivity contribution is 0.0938. The largest absolute Gasteiger partial charge is 0.466 e. The van der Waals surface area contributed by atoms with Gasteiger partial charge in [0.1, 0.15) is 11.5 Å². The minimum Gasteiger partial charge on any atom is -0.466 e. The van der Waals surface area contributed by atoms with Crippen molar-refractivity contribution in [2.24, 2.45) is 0 Å². The van der Waals surface area contributed by atoms with Gasteiger partial charge in [0.2, 0.25) is 0 Å². The number of nitrogens with one attached hydrogen (secondary N) is 1. The molecule has 2 aromatic heterocycles. The first-order valence-electron chi connectivity index (χ1n) is 7.26. The molecule has 1 atom stereocenters. The quantitative estimate of drug-likeness (QED) is 0.940. The fourth-order valence-electron chi connectivity index (χ4n) is 2.85. The molecule has 2 heterocycles. The summed E-state index contributed by atoms with van der Waals surface area (Å²) >= 11 is 0. The lowest BCUT2D eigenvalue weighted by Gasteiger charge is -2.14. The zero-order chi connectivity index (χ0) is 15.7. The van der Waals surface area contributed by atoms with Gasteiger partial charge in [0.05, 0.1) is 17.3 Å². The van der Waals surface area contributed by atoms with Crippen LogP contribution in [0.15, 0.2) is 10.5 Å². The van der Waals surface area contributed by atoms with E-state index in [0.717, 1.165) is 29.3 Å². The Hall–Kier alpha value is -2.04. The van der Waals surface area contributed by atoms with Crippen LogP contribution in [-0.2, 0) is 6.54 Å². The van der Waals surface area contributed by atoms with Crippen LogP contribution in [0.2, 0.25) is 0 Å².